The predicted molar refractivity (Wildman–Crippen MR) is 180 cm³/mol. The number of amides is 1. The number of benzene rings is 2. The molecule has 0 aliphatic carbocycles. The molecular weight excluding hydrogens is 633 g/mol. The van der Waals surface area contributed by atoms with E-state index in [0.717, 1.165) is 23.1 Å². The second-order valence-electron chi connectivity index (χ2n) is 11.4. The number of carbonyl (C=O) groups excluding carboxylic acids is 1. The monoisotopic (exact) mass is 667 g/mol. The molecule has 0 spiro atoms. The first-order chi connectivity index (χ1) is 21.6. The van der Waals surface area contributed by atoms with Gasteiger partial charge in [0.05, 0.1) is 39.2 Å². The maximum atomic E-state index is 11.5. The van der Waals surface area contributed by atoms with Crippen molar-refractivity contribution in [3.8, 4) is 39.5 Å². The molecule has 2 aliphatic rings. The first kappa shape index (κ1) is 31.7. The van der Waals surface area contributed by atoms with E-state index in [-0.39, 0.29) is 17.7 Å². The van der Waals surface area contributed by atoms with Crippen LogP contribution in [0.2, 0.25) is 10.0 Å². The normalized spacial score (nSPS) is 18.6. The molecular formula is C33H35Cl2N5O4S. The summed E-state index contributed by atoms with van der Waals surface area (Å²) in [5, 5.41) is 7.23. The molecule has 4 aromatic rings. The number of fused-ring (bicyclic) bond motifs is 1. The second-order valence-corrected chi connectivity index (χ2v) is 14.4. The standard InChI is InChI=1S/C33H35Cl2N5O4S/c1-40-14-15-45(42,43)28-16-20(6-7-22(28)19-40)32-31(35)25(12-13-37-32)24-4-3-5-26(30(24)34)27-10-8-21(33(39-27)44-2)17-36-18-23-9-11-29(41)38-23/h3-8,10,12-13,16,23,36,42-43H,9,11,14-15,17-19H2,1-2H3,(H,38,41). The maximum absolute atomic E-state index is 11.5. The van der Waals surface area contributed by atoms with E-state index in [1.165, 1.54) is 0 Å². The Balaban J connectivity index is 1.29. The predicted octanol–water partition coefficient (Wildman–Crippen LogP) is 6.72. The molecule has 6 rings (SSSR count). The third-order valence-corrected chi connectivity index (χ3v) is 10.9. The van der Waals surface area contributed by atoms with Crippen LogP contribution in [0.15, 0.2) is 65.7 Å². The molecule has 1 unspecified atom stereocenters. The highest BCUT2D eigenvalue weighted by Gasteiger charge is 2.26. The van der Waals surface area contributed by atoms with Crippen molar-refractivity contribution in [3.05, 3.63) is 82.0 Å². The molecule has 0 radical (unpaired) electrons. The largest absolute Gasteiger partial charge is 0.481 e. The Morgan fingerprint density at radius 1 is 1.09 bits per heavy atom. The number of rotatable bonds is 8. The highest BCUT2D eigenvalue weighted by atomic mass is 35.5. The fraction of sp³-hybridized carbons (Fsp3) is 0.303. The molecule has 9 nitrogen and oxygen atoms in total. The van der Waals surface area contributed by atoms with Gasteiger partial charge in [0, 0.05) is 72.7 Å². The van der Waals surface area contributed by atoms with E-state index in [4.69, 9.17) is 32.9 Å². The lowest BCUT2D eigenvalue weighted by atomic mass is 9.99. The smallest absolute Gasteiger partial charge is 0.220 e. The summed E-state index contributed by atoms with van der Waals surface area (Å²) >= 11 is 14.1. The van der Waals surface area contributed by atoms with Crippen LogP contribution in [-0.4, -0.2) is 68.9 Å². The summed E-state index contributed by atoms with van der Waals surface area (Å²) in [6, 6.07) is 17.2. The van der Waals surface area contributed by atoms with Crippen LogP contribution in [0.3, 0.4) is 0 Å². The van der Waals surface area contributed by atoms with E-state index in [1.54, 1.807) is 19.4 Å². The van der Waals surface area contributed by atoms with Crippen LogP contribution < -0.4 is 15.4 Å². The molecule has 4 heterocycles. The van der Waals surface area contributed by atoms with Crippen LogP contribution >= 0.6 is 33.8 Å². The van der Waals surface area contributed by atoms with Gasteiger partial charge in [0.25, 0.3) is 0 Å². The van der Waals surface area contributed by atoms with E-state index < -0.39 is 10.6 Å². The minimum absolute atomic E-state index is 0.0938. The van der Waals surface area contributed by atoms with Gasteiger partial charge in [-0.1, -0.05) is 59.6 Å². The summed E-state index contributed by atoms with van der Waals surface area (Å²) in [5.41, 5.74) is 5.78. The van der Waals surface area contributed by atoms with Gasteiger partial charge in [-0.15, -0.1) is 0 Å². The molecule has 2 aromatic carbocycles. The number of hydrogen-bond acceptors (Lipinski definition) is 8. The quantitative estimate of drug-likeness (QED) is 0.164. The number of carbonyl (C=O) groups is 1. The first-order valence-electron chi connectivity index (χ1n) is 14.7. The summed E-state index contributed by atoms with van der Waals surface area (Å²) in [4.78, 5) is 23.4. The summed E-state index contributed by atoms with van der Waals surface area (Å²) < 4.78 is 27.5. The third kappa shape index (κ3) is 6.69. The topological polar surface area (TPSA) is 120 Å². The Kier molecular flexibility index (Phi) is 9.35. The molecule has 1 fully saturated rings. The van der Waals surface area contributed by atoms with E-state index >= 15 is 0 Å². The summed E-state index contributed by atoms with van der Waals surface area (Å²) in [6.07, 6.45) is 3.08. The van der Waals surface area contributed by atoms with Crippen molar-refractivity contribution in [1.82, 2.24) is 25.5 Å². The van der Waals surface area contributed by atoms with Crippen LogP contribution in [0.5, 0.6) is 5.88 Å². The fourth-order valence-electron chi connectivity index (χ4n) is 5.83. The zero-order chi connectivity index (χ0) is 31.7. The molecule has 1 amide bonds. The van der Waals surface area contributed by atoms with E-state index in [9.17, 15) is 13.9 Å². The summed E-state index contributed by atoms with van der Waals surface area (Å²) in [7, 11) is 0.605. The van der Waals surface area contributed by atoms with Gasteiger partial charge in [-0.3, -0.25) is 18.9 Å². The number of aromatic nitrogens is 2. The molecule has 12 heteroatoms. The highest BCUT2D eigenvalue weighted by Crippen LogP contribution is 2.52. The number of halogens is 2. The molecule has 2 aromatic heterocycles. The van der Waals surface area contributed by atoms with Crippen molar-refractivity contribution in [2.75, 3.05) is 33.0 Å². The number of hydrogen-bond donors (Lipinski definition) is 4. The summed E-state index contributed by atoms with van der Waals surface area (Å²) in [5.74, 6) is 0.859. The van der Waals surface area contributed by atoms with E-state index in [1.807, 2.05) is 55.6 Å². The average molecular weight is 669 g/mol. The molecule has 2 aliphatic heterocycles. The lowest BCUT2D eigenvalue weighted by Crippen LogP contribution is -2.35. The number of pyridine rings is 2. The molecule has 1 atom stereocenters. The maximum Gasteiger partial charge on any atom is 0.220 e. The van der Waals surface area contributed by atoms with E-state index in [2.05, 4.69) is 20.5 Å². The van der Waals surface area contributed by atoms with Crippen molar-refractivity contribution in [3.63, 3.8) is 0 Å². The lowest BCUT2D eigenvalue weighted by molar-refractivity contribution is -0.119. The van der Waals surface area contributed by atoms with Gasteiger partial charge < -0.3 is 20.3 Å². The van der Waals surface area contributed by atoms with Gasteiger partial charge in [-0.25, -0.2) is 4.98 Å². The lowest BCUT2D eigenvalue weighted by Gasteiger charge is -2.32. The minimum atomic E-state index is -2.95. The number of ether oxygens (including phenoxy) is 1. The fourth-order valence-corrected chi connectivity index (χ4v) is 8.13. The van der Waals surface area contributed by atoms with E-state index in [0.29, 0.717) is 81.5 Å². The van der Waals surface area contributed by atoms with Crippen LogP contribution in [0.1, 0.15) is 24.0 Å². The van der Waals surface area contributed by atoms with Crippen LogP contribution in [0, 0.1) is 0 Å². The van der Waals surface area contributed by atoms with Crippen LogP contribution in [0.25, 0.3) is 33.6 Å². The number of methoxy groups -OCH3 is 1. The highest BCUT2D eigenvalue weighted by molar-refractivity contribution is 8.24. The Morgan fingerprint density at radius 3 is 2.67 bits per heavy atom. The first-order valence-corrected chi connectivity index (χ1v) is 17.2. The van der Waals surface area contributed by atoms with Gasteiger partial charge in [0.2, 0.25) is 11.8 Å². The van der Waals surface area contributed by atoms with Crippen molar-refractivity contribution < 1.29 is 18.6 Å². The molecule has 4 N–H and O–H groups in total. The van der Waals surface area contributed by atoms with Gasteiger partial charge in [-0.2, -0.15) is 10.6 Å². The molecule has 0 saturated carbocycles. The summed E-state index contributed by atoms with van der Waals surface area (Å²) in [6.45, 7) is 2.44. The van der Waals surface area contributed by atoms with Crippen molar-refractivity contribution in [2.24, 2.45) is 0 Å². The number of nitrogens with one attached hydrogen (secondary N) is 2. The Labute approximate surface area is 274 Å². The zero-order valence-corrected chi connectivity index (χ0v) is 27.3. The SMILES string of the molecule is COc1nc(-c2cccc(-c3ccnc(-c4ccc5c(c4)S(O)(O)CCN(C)C5)c3Cl)c2Cl)ccc1CNCC1CCC(=O)N1. The average Bonchev–Trinajstić information content (AvgIpc) is 3.40. The molecule has 0 bridgehead atoms. The zero-order valence-electron chi connectivity index (χ0n) is 25.0. The van der Waals surface area contributed by atoms with Gasteiger partial charge in [0.15, 0.2) is 0 Å². The van der Waals surface area contributed by atoms with Crippen molar-refractivity contribution in [2.45, 2.75) is 36.9 Å². The Morgan fingerprint density at radius 2 is 1.89 bits per heavy atom. The Bertz CT molecular complexity index is 1750. The second kappa shape index (κ2) is 13.3. The number of nitrogens with zero attached hydrogens (tertiary/aromatic N) is 3. The minimum Gasteiger partial charge on any atom is -0.481 e. The van der Waals surface area contributed by atoms with Crippen LogP contribution in [-0.2, 0) is 17.9 Å². The van der Waals surface area contributed by atoms with Gasteiger partial charge in [-0.05, 0) is 37.2 Å². The molecule has 45 heavy (non-hydrogen) atoms. The third-order valence-electron chi connectivity index (χ3n) is 8.27. The Hall–Kier alpha value is -3.22. The van der Waals surface area contributed by atoms with Crippen molar-refractivity contribution >= 4 is 39.7 Å². The van der Waals surface area contributed by atoms with Gasteiger partial charge in [0.1, 0.15) is 0 Å². The molecule has 236 valence electrons. The van der Waals surface area contributed by atoms with Crippen molar-refractivity contribution in [1.29, 1.82) is 0 Å². The van der Waals surface area contributed by atoms with Gasteiger partial charge >= 0.3 is 0 Å². The van der Waals surface area contributed by atoms with Crippen LogP contribution in [0.4, 0.5) is 0 Å². The molecule has 1 saturated heterocycles.